The minimum absolute atomic E-state index is 0. The normalized spacial score (nSPS) is 12.3. The molecule has 18 heavy (non-hydrogen) atoms. The van der Waals surface area contributed by atoms with Gasteiger partial charge in [0, 0.05) is 7.05 Å². The summed E-state index contributed by atoms with van der Waals surface area (Å²) in [6, 6.07) is -0.720. The second kappa shape index (κ2) is 7.85. The molecule has 1 aliphatic carbocycles. The Kier molecular flexibility index (Phi) is 6.82. The van der Waals surface area contributed by atoms with E-state index in [9.17, 15) is 4.79 Å². The number of carbonyl (C=O) groups is 1. The van der Waals surface area contributed by atoms with Gasteiger partial charge in [-0.3, -0.25) is 5.41 Å². The van der Waals surface area contributed by atoms with Crippen molar-refractivity contribution in [3.8, 4) is 0 Å². The first kappa shape index (κ1) is 15.7. The molecular weight excluding hydrogens is 258 g/mol. The summed E-state index contributed by atoms with van der Waals surface area (Å²) in [6.45, 7) is 0. The van der Waals surface area contributed by atoms with Crippen molar-refractivity contribution in [3.05, 3.63) is 24.3 Å². The van der Waals surface area contributed by atoms with E-state index in [0.717, 1.165) is 0 Å². The third-order valence-electron chi connectivity index (χ3n) is 1.69. The fraction of sp³-hybridized carbons (Fsp3) is 0.111. The summed E-state index contributed by atoms with van der Waals surface area (Å²) >= 11 is 0. The number of hydrogen-bond acceptors (Lipinski definition) is 4. The number of rotatable bonds is 2. The lowest BCUT2D eigenvalue weighted by Gasteiger charge is -2.04. The van der Waals surface area contributed by atoms with Crippen LogP contribution >= 0.6 is 12.4 Å². The fourth-order valence-corrected chi connectivity index (χ4v) is 0.898. The van der Waals surface area contributed by atoms with Crippen molar-refractivity contribution >= 4 is 35.8 Å². The van der Waals surface area contributed by atoms with Crippen molar-refractivity contribution in [2.75, 3.05) is 7.05 Å². The zero-order chi connectivity index (χ0) is 12.7. The van der Waals surface area contributed by atoms with Crippen LogP contribution in [0.2, 0.25) is 0 Å². The van der Waals surface area contributed by atoms with Crippen molar-refractivity contribution in [3.63, 3.8) is 0 Å². The standard InChI is InChI=1S/C9H13N7O.ClH/c1-12-8(10)15-13-6-2-4-7(5-3-6)14-16-9(11)17;/h2-5H,1H3,(H3,10,12,15)(H3,11,16,17);1H. The topological polar surface area (TPSA) is 128 Å². The molecule has 0 heterocycles. The van der Waals surface area contributed by atoms with E-state index in [1.807, 2.05) is 0 Å². The number of primary amides is 1. The second-order valence-corrected chi connectivity index (χ2v) is 2.95. The van der Waals surface area contributed by atoms with Gasteiger partial charge < -0.3 is 11.1 Å². The highest BCUT2D eigenvalue weighted by Crippen LogP contribution is 1.96. The van der Waals surface area contributed by atoms with E-state index < -0.39 is 6.03 Å². The first-order valence-corrected chi connectivity index (χ1v) is 4.71. The van der Waals surface area contributed by atoms with Crippen LogP contribution in [0, 0.1) is 5.41 Å². The lowest BCUT2D eigenvalue weighted by molar-refractivity contribution is 0.249. The van der Waals surface area contributed by atoms with E-state index in [1.165, 1.54) is 0 Å². The number of urea groups is 1. The van der Waals surface area contributed by atoms with E-state index in [-0.39, 0.29) is 18.4 Å². The molecule has 0 bridgehead atoms. The molecule has 0 aromatic carbocycles. The van der Waals surface area contributed by atoms with E-state index >= 15 is 0 Å². The predicted molar refractivity (Wildman–Crippen MR) is 73.0 cm³/mol. The number of amides is 2. The molecule has 1 aliphatic rings. The van der Waals surface area contributed by atoms with E-state index in [4.69, 9.17) is 11.1 Å². The Morgan fingerprint density at radius 2 is 1.61 bits per heavy atom. The van der Waals surface area contributed by atoms with Crippen molar-refractivity contribution in [1.82, 2.24) is 16.2 Å². The lowest BCUT2D eigenvalue weighted by Crippen LogP contribution is -2.30. The molecule has 0 aromatic heterocycles. The van der Waals surface area contributed by atoms with Gasteiger partial charge in [0.2, 0.25) is 5.96 Å². The molecule has 0 aliphatic heterocycles. The highest BCUT2D eigenvalue weighted by Gasteiger charge is 1.99. The van der Waals surface area contributed by atoms with Gasteiger partial charge >= 0.3 is 6.03 Å². The average Bonchev–Trinajstić information content (AvgIpc) is 2.34. The van der Waals surface area contributed by atoms with Crippen LogP contribution in [0.15, 0.2) is 34.5 Å². The summed E-state index contributed by atoms with van der Waals surface area (Å²) in [4.78, 5) is 10.4. The van der Waals surface area contributed by atoms with Gasteiger partial charge in [-0.05, 0) is 24.3 Å². The maximum absolute atomic E-state index is 10.4. The van der Waals surface area contributed by atoms with Crippen LogP contribution in [0.3, 0.4) is 0 Å². The van der Waals surface area contributed by atoms with Crippen LogP contribution in [0.25, 0.3) is 0 Å². The van der Waals surface area contributed by atoms with E-state index in [1.54, 1.807) is 31.4 Å². The fourth-order valence-electron chi connectivity index (χ4n) is 0.898. The van der Waals surface area contributed by atoms with Gasteiger partial charge in [0.05, 0.1) is 11.4 Å². The van der Waals surface area contributed by atoms with Crippen molar-refractivity contribution in [1.29, 1.82) is 5.41 Å². The SMILES string of the molecule is CNC(=N)NN=C1C=CC(=NNC(N)=O)C=C1.Cl. The Morgan fingerprint density at radius 1 is 1.17 bits per heavy atom. The third kappa shape index (κ3) is 5.66. The molecule has 0 atom stereocenters. The molecule has 0 fully saturated rings. The highest BCUT2D eigenvalue weighted by molar-refractivity contribution is 6.18. The van der Waals surface area contributed by atoms with Crippen molar-refractivity contribution in [2.45, 2.75) is 0 Å². The number of hydrogen-bond donors (Lipinski definition) is 5. The first-order valence-electron chi connectivity index (χ1n) is 4.71. The number of nitrogens with two attached hydrogens (primary N) is 1. The van der Waals surface area contributed by atoms with Crippen LogP contribution in [-0.4, -0.2) is 30.5 Å². The second-order valence-electron chi connectivity index (χ2n) is 2.95. The Balaban J connectivity index is 0.00000289. The van der Waals surface area contributed by atoms with Gasteiger partial charge in [0.15, 0.2) is 0 Å². The van der Waals surface area contributed by atoms with E-state index in [2.05, 4.69) is 26.4 Å². The zero-order valence-corrected chi connectivity index (χ0v) is 10.4. The largest absolute Gasteiger partial charge is 0.358 e. The highest BCUT2D eigenvalue weighted by atomic mass is 35.5. The molecule has 0 saturated carbocycles. The smallest absolute Gasteiger partial charge is 0.332 e. The summed E-state index contributed by atoms with van der Waals surface area (Å²) in [6.07, 6.45) is 6.66. The lowest BCUT2D eigenvalue weighted by atomic mass is 10.1. The number of halogens is 1. The molecule has 98 valence electrons. The number of guanidine groups is 1. The summed E-state index contributed by atoms with van der Waals surface area (Å²) in [5.74, 6) is 0.0918. The average molecular weight is 272 g/mol. The van der Waals surface area contributed by atoms with E-state index in [0.29, 0.717) is 11.4 Å². The molecule has 0 aromatic rings. The molecule has 0 spiro atoms. The van der Waals surface area contributed by atoms with Crippen molar-refractivity contribution in [2.24, 2.45) is 15.9 Å². The molecule has 1 rings (SSSR count). The van der Waals surface area contributed by atoms with Crippen LogP contribution in [0.1, 0.15) is 0 Å². The third-order valence-corrected chi connectivity index (χ3v) is 1.69. The summed E-state index contributed by atoms with van der Waals surface area (Å²) < 4.78 is 0. The molecule has 9 heteroatoms. The van der Waals surface area contributed by atoms with Gasteiger partial charge in [-0.2, -0.15) is 10.2 Å². The van der Waals surface area contributed by atoms with Crippen LogP contribution < -0.4 is 21.9 Å². The van der Waals surface area contributed by atoms with Gasteiger partial charge in [-0.1, -0.05) is 0 Å². The quantitative estimate of drug-likeness (QED) is 0.204. The predicted octanol–water partition coefficient (Wildman–Crippen LogP) is -0.342. The molecular formula is C9H14ClN7O. The number of nitrogens with one attached hydrogen (secondary N) is 4. The van der Waals surface area contributed by atoms with Crippen LogP contribution in [0.5, 0.6) is 0 Å². The summed E-state index contributed by atoms with van der Waals surface area (Å²) in [7, 11) is 1.61. The van der Waals surface area contributed by atoms with Crippen LogP contribution in [0.4, 0.5) is 4.79 Å². The summed E-state index contributed by atoms with van der Waals surface area (Å²) in [5.41, 5.74) is 10.6. The molecule has 0 radical (unpaired) electrons. The number of carbonyl (C=O) groups excluding carboxylic acids is 1. The Bertz CT molecular complexity index is 420. The molecule has 0 unspecified atom stereocenters. The Hall–Kier alpha value is -2.35. The molecule has 8 nitrogen and oxygen atoms in total. The minimum Gasteiger partial charge on any atom is -0.358 e. The van der Waals surface area contributed by atoms with Gasteiger partial charge in [-0.25, -0.2) is 15.6 Å². The minimum atomic E-state index is -0.720. The summed E-state index contributed by atoms with van der Waals surface area (Å²) in [5, 5.41) is 17.5. The van der Waals surface area contributed by atoms with Gasteiger partial charge in [-0.15, -0.1) is 12.4 Å². The van der Waals surface area contributed by atoms with Crippen LogP contribution in [-0.2, 0) is 0 Å². The first-order chi connectivity index (χ1) is 8.11. The molecule has 2 amide bonds. The Morgan fingerprint density at radius 3 is 2.00 bits per heavy atom. The number of nitrogens with zero attached hydrogens (tertiary/aromatic N) is 2. The maximum Gasteiger partial charge on any atom is 0.332 e. The maximum atomic E-state index is 10.4. The van der Waals surface area contributed by atoms with Gasteiger partial charge in [0.1, 0.15) is 0 Å². The molecule has 0 saturated heterocycles. The zero-order valence-electron chi connectivity index (χ0n) is 9.60. The monoisotopic (exact) mass is 271 g/mol. The van der Waals surface area contributed by atoms with Crippen molar-refractivity contribution < 1.29 is 4.79 Å². The molecule has 6 N–H and O–H groups in total. The number of hydrazone groups is 2. The van der Waals surface area contributed by atoms with Gasteiger partial charge in [0.25, 0.3) is 0 Å². The number of allylic oxidation sites excluding steroid dienone is 4. The Labute approximate surface area is 110 Å².